The maximum atomic E-state index is 13.9. The number of benzene rings is 1. The fourth-order valence-corrected chi connectivity index (χ4v) is 4.80. The molecule has 29 heavy (non-hydrogen) atoms. The van der Waals surface area contributed by atoms with E-state index in [0.29, 0.717) is 36.5 Å². The summed E-state index contributed by atoms with van der Waals surface area (Å²) in [6.07, 6.45) is 0.857. The van der Waals surface area contributed by atoms with E-state index >= 15 is 0 Å². The first-order valence-corrected chi connectivity index (χ1v) is 10.3. The topological polar surface area (TPSA) is 50.2 Å². The van der Waals surface area contributed by atoms with Crippen LogP contribution >= 0.6 is 12.4 Å². The van der Waals surface area contributed by atoms with Crippen LogP contribution < -0.4 is 5.32 Å². The van der Waals surface area contributed by atoms with Crippen LogP contribution in [0.4, 0.5) is 4.39 Å². The number of aryl methyl sites for hydroxylation is 1. The van der Waals surface area contributed by atoms with Gasteiger partial charge in [-0.2, -0.15) is 5.10 Å². The Morgan fingerprint density at radius 3 is 2.79 bits per heavy atom. The van der Waals surface area contributed by atoms with Crippen molar-refractivity contribution in [2.75, 3.05) is 19.6 Å². The van der Waals surface area contributed by atoms with Gasteiger partial charge in [0.15, 0.2) is 0 Å². The van der Waals surface area contributed by atoms with E-state index in [9.17, 15) is 9.18 Å². The molecule has 2 aromatic rings. The molecule has 0 aliphatic carbocycles. The molecule has 0 unspecified atom stereocenters. The molecule has 0 bridgehead atoms. The number of carbonyl (C=O) groups excluding carboxylic acids is 1. The van der Waals surface area contributed by atoms with Gasteiger partial charge in [0.1, 0.15) is 11.5 Å². The van der Waals surface area contributed by atoms with Crippen molar-refractivity contribution in [3.63, 3.8) is 0 Å². The molecule has 2 aliphatic heterocycles. The van der Waals surface area contributed by atoms with Gasteiger partial charge < -0.3 is 10.2 Å². The van der Waals surface area contributed by atoms with Gasteiger partial charge in [-0.25, -0.2) is 4.39 Å². The van der Waals surface area contributed by atoms with Crippen LogP contribution in [0.3, 0.4) is 0 Å². The summed E-state index contributed by atoms with van der Waals surface area (Å²) in [6, 6.07) is 8.56. The highest BCUT2D eigenvalue weighted by molar-refractivity contribution is 5.93. The van der Waals surface area contributed by atoms with Gasteiger partial charge in [0.2, 0.25) is 0 Å². The fourth-order valence-electron chi connectivity index (χ4n) is 4.80. The van der Waals surface area contributed by atoms with Crippen LogP contribution in [0.15, 0.2) is 30.3 Å². The second kappa shape index (κ2) is 8.84. The minimum absolute atomic E-state index is 0. The van der Waals surface area contributed by atoms with Crippen LogP contribution in [0.5, 0.6) is 0 Å². The summed E-state index contributed by atoms with van der Waals surface area (Å²) in [6.45, 7) is 9.45. The van der Waals surface area contributed by atoms with Crippen LogP contribution in [0.1, 0.15) is 48.6 Å². The fraction of sp³-hybridized carbons (Fsp3) is 0.545. The van der Waals surface area contributed by atoms with Gasteiger partial charge >= 0.3 is 0 Å². The van der Waals surface area contributed by atoms with Crippen LogP contribution in [-0.4, -0.2) is 40.2 Å². The molecule has 0 radical (unpaired) electrons. The van der Waals surface area contributed by atoms with Gasteiger partial charge in [0.05, 0.1) is 11.7 Å². The molecule has 0 saturated carbocycles. The summed E-state index contributed by atoms with van der Waals surface area (Å²) in [5.41, 5.74) is 2.49. The standard InChI is InChI=1S/C22H29FN4O.ClH/c1-4-27-20(10-18(25-27)8-14(2)3)22(28)26-13-16-11-24-12-19(16)21(26)15-6-5-7-17(23)9-15;/h5-7,9-10,14,16,19,21,24H,4,8,11-13H2,1-3H3;1H/t16-,19-,21+;/m0./s1. The molecule has 4 rings (SSSR count). The van der Waals surface area contributed by atoms with Gasteiger partial charge in [-0.15, -0.1) is 12.4 Å². The Morgan fingerprint density at radius 1 is 1.31 bits per heavy atom. The number of carbonyl (C=O) groups is 1. The molecular formula is C22H30ClFN4O. The molecule has 158 valence electrons. The SMILES string of the molecule is CCn1nc(CC(C)C)cc1C(=O)N1C[C@@H]2CNC[C@@H]2[C@H]1c1cccc(F)c1.Cl. The van der Waals surface area contributed by atoms with Crippen molar-refractivity contribution in [2.24, 2.45) is 17.8 Å². The maximum absolute atomic E-state index is 13.9. The van der Waals surface area contributed by atoms with E-state index in [1.807, 2.05) is 28.6 Å². The number of nitrogens with one attached hydrogen (secondary N) is 1. The lowest BCUT2D eigenvalue weighted by atomic mass is 9.89. The maximum Gasteiger partial charge on any atom is 0.272 e. The summed E-state index contributed by atoms with van der Waals surface area (Å²) in [4.78, 5) is 15.5. The highest BCUT2D eigenvalue weighted by Gasteiger charge is 2.47. The van der Waals surface area contributed by atoms with E-state index in [1.165, 1.54) is 6.07 Å². The summed E-state index contributed by atoms with van der Waals surface area (Å²) < 4.78 is 15.7. The summed E-state index contributed by atoms with van der Waals surface area (Å²) in [7, 11) is 0. The van der Waals surface area contributed by atoms with Gasteiger partial charge in [0.25, 0.3) is 5.91 Å². The Hall–Kier alpha value is -1.92. The second-order valence-corrected chi connectivity index (χ2v) is 8.47. The Kier molecular flexibility index (Phi) is 6.64. The Morgan fingerprint density at radius 2 is 2.10 bits per heavy atom. The number of halogens is 2. The Balaban J connectivity index is 0.00000240. The number of likely N-dealkylation sites (tertiary alicyclic amines) is 1. The average molecular weight is 421 g/mol. The quantitative estimate of drug-likeness (QED) is 0.802. The molecule has 3 atom stereocenters. The predicted octanol–water partition coefficient (Wildman–Crippen LogP) is 3.70. The third kappa shape index (κ3) is 4.19. The van der Waals surface area contributed by atoms with Crippen molar-refractivity contribution in [3.05, 3.63) is 53.1 Å². The van der Waals surface area contributed by atoms with Crippen molar-refractivity contribution in [1.29, 1.82) is 0 Å². The minimum Gasteiger partial charge on any atom is -0.330 e. The van der Waals surface area contributed by atoms with Gasteiger partial charge in [-0.3, -0.25) is 9.48 Å². The lowest BCUT2D eigenvalue weighted by molar-refractivity contribution is 0.0701. The first kappa shape index (κ1) is 21.8. The highest BCUT2D eigenvalue weighted by Crippen LogP contribution is 2.43. The molecule has 1 aromatic carbocycles. The van der Waals surface area contributed by atoms with Crippen molar-refractivity contribution in [3.8, 4) is 0 Å². The average Bonchev–Trinajstić information content (AvgIpc) is 3.34. The third-order valence-corrected chi connectivity index (χ3v) is 5.98. The highest BCUT2D eigenvalue weighted by atomic mass is 35.5. The largest absolute Gasteiger partial charge is 0.330 e. The minimum atomic E-state index is -0.253. The first-order chi connectivity index (χ1) is 13.5. The number of hydrogen-bond donors (Lipinski definition) is 1. The van der Waals surface area contributed by atoms with Crippen LogP contribution in [0, 0.1) is 23.6 Å². The normalized spacial score (nSPS) is 23.3. The van der Waals surface area contributed by atoms with Crippen molar-refractivity contribution >= 4 is 18.3 Å². The van der Waals surface area contributed by atoms with Crippen molar-refractivity contribution in [2.45, 2.75) is 39.8 Å². The second-order valence-electron chi connectivity index (χ2n) is 8.47. The molecule has 7 heteroatoms. The van der Waals surface area contributed by atoms with E-state index in [4.69, 9.17) is 0 Å². The summed E-state index contributed by atoms with van der Waals surface area (Å²) in [5, 5.41) is 8.08. The Bertz CT molecular complexity index is 868. The van der Waals surface area contributed by atoms with E-state index in [1.54, 1.807) is 12.1 Å². The molecule has 2 aliphatic rings. The number of aromatic nitrogens is 2. The van der Waals surface area contributed by atoms with E-state index in [-0.39, 0.29) is 30.2 Å². The van der Waals surface area contributed by atoms with Crippen LogP contribution in [-0.2, 0) is 13.0 Å². The molecule has 3 heterocycles. The van der Waals surface area contributed by atoms with Gasteiger partial charge in [-0.05, 0) is 48.9 Å². The number of amides is 1. The lowest BCUT2D eigenvalue weighted by Gasteiger charge is -2.28. The molecule has 1 aromatic heterocycles. The zero-order valence-electron chi connectivity index (χ0n) is 17.3. The van der Waals surface area contributed by atoms with Gasteiger partial charge in [0, 0.05) is 32.1 Å². The summed E-state index contributed by atoms with van der Waals surface area (Å²) >= 11 is 0. The smallest absolute Gasteiger partial charge is 0.272 e. The molecule has 0 spiro atoms. The molecule has 5 nitrogen and oxygen atoms in total. The van der Waals surface area contributed by atoms with E-state index in [0.717, 1.165) is 30.8 Å². The number of hydrogen-bond acceptors (Lipinski definition) is 3. The van der Waals surface area contributed by atoms with Crippen molar-refractivity contribution in [1.82, 2.24) is 20.0 Å². The predicted molar refractivity (Wildman–Crippen MR) is 114 cm³/mol. The number of fused-ring (bicyclic) bond motifs is 1. The molecule has 2 fully saturated rings. The molecule has 1 amide bonds. The molecule has 1 N–H and O–H groups in total. The van der Waals surface area contributed by atoms with Gasteiger partial charge in [-0.1, -0.05) is 26.0 Å². The zero-order valence-corrected chi connectivity index (χ0v) is 18.1. The monoisotopic (exact) mass is 420 g/mol. The molecular weight excluding hydrogens is 391 g/mol. The number of nitrogens with zero attached hydrogens (tertiary/aromatic N) is 3. The number of rotatable bonds is 5. The lowest BCUT2D eigenvalue weighted by Crippen LogP contribution is -2.36. The van der Waals surface area contributed by atoms with E-state index in [2.05, 4.69) is 24.3 Å². The Labute approximate surface area is 178 Å². The zero-order chi connectivity index (χ0) is 19.8. The first-order valence-electron chi connectivity index (χ1n) is 10.3. The third-order valence-electron chi connectivity index (χ3n) is 5.98. The van der Waals surface area contributed by atoms with Crippen molar-refractivity contribution < 1.29 is 9.18 Å². The van der Waals surface area contributed by atoms with Crippen LogP contribution in [0.2, 0.25) is 0 Å². The summed E-state index contributed by atoms with van der Waals surface area (Å²) in [5.74, 6) is 0.967. The van der Waals surface area contributed by atoms with Crippen LogP contribution in [0.25, 0.3) is 0 Å². The molecule has 2 saturated heterocycles. The van der Waals surface area contributed by atoms with E-state index < -0.39 is 0 Å².